The average Bonchev–Trinajstić information content (AvgIpc) is 2.03. The van der Waals surface area contributed by atoms with Crippen LogP contribution >= 0.6 is 0 Å². The molecule has 12 heavy (non-hydrogen) atoms. The van der Waals surface area contributed by atoms with Crippen LogP contribution in [0.4, 0.5) is 12.9 Å². The predicted octanol–water partition coefficient (Wildman–Crippen LogP) is 1.75. The smallest absolute Gasteiger partial charge is 0.497 e. The monoisotopic (exact) mass is 175 g/mol. The third kappa shape index (κ3) is 1.93. The second-order valence-corrected chi connectivity index (χ2v) is 2.35. The standard InChI is InChI=1S/C7H7BF3O/c1-12-7-4-2-3-6(5-7)8(9,10)11/h2-5H,1H3/q-1. The number of halogens is 3. The lowest BCUT2D eigenvalue weighted by atomic mass is 9.80. The van der Waals surface area contributed by atoms with E-state index >= 15 is 0 Å². The van der Waals surface area contributed by atoms with Crippen LogP contribution in [0.2, 0.25) is 0 Å². The van der Waals surface area contributed by atoms with Crippen molar-refractivity contribution in [3.8, 4) is 5.75 Å². The van der Waals surface area contributed by atoms with Gasteiger partial charge in [0, 0.05) is 0 Å². The van der Waals surface area contributed by atoms with E-state index in [2.05, 4.69) is 4.74 Å². The molecule has 0 aliphatic rings. The van der Waals surface area contributed by atoms with Crippen molar-refractivity contribution in [1.29, 1.82) is 0 Å². The summed E-state index contributed by atoms with van der Waals surface area (Å²) in [7, 11) is 1.34. The molecule has 1 nitrogen and oxygen atoms in total. The highest BCUT2D eigenvalue weighted by atomic mass is 19.4. The molecule has 0 bridgehead atoms. The Kier molecular flexibility index (Phi) is 2.31. The molecule has 0 aliphatic heterocycles. The van der Waals surface area contributed by atoms with Gasteiger partial charge in [-0.1, -0.05) is 12.1 Å². The predicted molar refractivity (Wildman–Crippen MR) is 41.7 cm³/mol. The van der Waals surface area contributed by atoms with E-state index in [0.29, 0.717) is 0 Å². The zero-order valence-corrected chi connectivity index (χ0v) is 6.43. The van der Waals surface area contributed by atoms with Crippen LogP contribution in [0.25, 0.3) is 0 Å². The summed E-state index contributed by atoms with van der Waals surface area (Å²) in [6, 6.07) is 4.82. The summed E-state index contributed by atoms with van der Waals surface area (Å²) in [4.78, 5) is 0. The summed E-state index contributed by atoms with van der Waals surface area (Å²) in [6.45, 7) is -4.91. The number of benzene rings is 1. The molecular formula is C7H7BF3O-. The third-order valence-electron chi connectivity index (χ3n) is 1.47. The quantitative estimate of drug-likeness (QED) is 0.622. The number of hydrogen-bond donors (Lipinski definition) is 0. The molecule has 66 valence electrons. The highest BCUT2D eigenvalue weighted by Crippen LogP contribution is 2.13. The minimum Gasteiger partial charge on any atom is -0.497 e. The van der Waals surface area contributed by atoms with Gasteiger partial charge >= 0.3 is 6.98 Å². The van der Waals surface area contributed by atoms with E-state index in [-0.39, 0.29) is 5.75 Å². The van der Waals surface area contributed by atoms with Gasteiger partial charge in [-0.15, -0.1) is 5.46 Å². The van der Waals surface area contributed by atoms with Gasteiger partial charge in [-0.25, -0.2) is 0 Å². The van der Waals surface area contributed by atoms with Crippen LogP contribution in [-0.4, -0.2) is 14.1 Å². The Balaban J connectivity index is 3.02. The van der Waals surface area contributed by atoms with E-state index in [0.717, 1.165) is 12.1 Å². The number of hydrogen-bond acceptors (Lipinski definition) is 1. The summed E-state index contributed by atoms with van der Waals surface area (Å²) in [6.07, 6.45) is 0. The summed E-state index contributed by atoms with van der Waals surface area (Å²) in [5, 5.41) is 0. The molecule has 0 atom stereocenters. The number of rotatable bonds is 2. The highest BCUT2D eigenvalue weighted by Gasteiger charge is 2.25. The molecule has 1 aromatic carbocycles. The molecule has 1 aromatic rings. The molecule has 0 saturated carbocycles. The molecule has 0 N–H and O–H groups in total. The Hall–Kier alpha value is -1.13. The molecule has 0 amide bonds. The van der Waals surface area contributed by atoms with Crippen LogP contribution in [0, 0.1) is 0 Å². The maximum atomic E-state index is 12.1. The first-order chi connectivity index (χ1) is 5.54. The van der Waals surface area contributed by atoms with Crippen LogP contribution < -0.4 is 10.2 Å². The fourth-order valence-corrected chi connectivity index (χ4v) is 0.845. The van der Waals surface area contributed by atoms with E-state index in [9.17, 15) is 12.9 Å². The molecule has 0 fully saturated rings. The summed E-state index contributed by atoms with van der Waals surface area (Å²) in [5.74, 6) is 0.228. The van der Waals surface area contributed by atoms with Crippen molar-refractivity contribution in [2.75, 3.05) is 7.11 Å². The maximum absolute atomic E-state index is 12.1. The van der Waals surface area contributed by atoms with Gasteiger partial charge in [0.1, 0.15) is 5.75 Å². The van der Waals surface area contributed by atoms with E-state index < -0.39 is 12.4 Å². The molecule has 5 heteroatoms. The molecule has 0 spiro atoms. The molecule has 0 radical (unpaired) electrons. The van der Waals surface area contributed by atoms with E-state index in [4.69, 9.17) is 0 Å². The molecule has 0 heterocycles. The molecular weight excluding hydrogens is 168 g/mol. The van der Waals surface area contributed by atoms with Gasteiger partial charge < -0.3 is 17.7 Å². The normalized spacial score (nSPS) is 11.3. The summed E-state index contributed by atoms with van der Waals surface area (Å²) in [5.41, 5.74) is -0.630. The topological polar surface area (TPSA) is 9.23 Å². The highest BCUT2D eigenvalue weighted by molar-refractivity contribution is 6.73. The Morgan fingerprint density at radius 3 is 2.42 bits per heavy atom. The van der Waals surface area contributed by atoms with Crippen LogP contribution in [-0.2, 0) is 0 Å². The van der Waals surface area contributed by atoms with Gasteiger partial charge in [0.15, 0.2) is 0 Å². The lowest BCUT2D eigenvalue weighted by Crippen LogP contribution is -2.33. The van der Waals surface area contributed by atoms with Crippen molar-refractivity contribution >= 4 is 12.4 Å². The minimum atomic E-state index is -4.91. The summed E-state index contributed by atoms with van der Waals surface area (Å²) >= 11 is 0. The second kappa shape index (κ2) is 3.09. The van der Waals surface area contributed by atoms with Gasteiger partial charge in [0.25, 0.3) is 0 Å². The molecule has 1 rings (SSSR count). The largest absolute Gasteiger partial charge is 0.509 e. The Morgan fingerprint density at radius 1 is 1.25 bits per heavy atom. The molecule has 0 aliphatic carbocycles. The second-order valence-electron chi connectivity index (χ2n) is 2.35. The van der Waals surface area contributed by atoms with Crippen LogP contribution in [0.3, 0.4) is 0 Å². The average molecular weight is 175 g/mol. The van der Waals surface area contributed by atoms with Crippen LogP contribution in [0.5, 0.6) is 5.75 Å². The van der Waals surface area contributed by atoms with Gasteiger partial charge in [0.05, 0.1) is 7.11 Å². The number of ether oxygens (including phenoxy) is 1. The Bertz CT molecular complexity index is 272. The van der Waals surface area contributed by atoms with Crippen molar-refractivity contribution in [3.05, 3.63) is 24.3 Å². The van der Waals surface area contributed by atoms with E-state index in [1.807, 2.05) is 0 Å². The van der Waals surface area contributed by atoms with E-state index in [1.165, 1.54) is 19.2 Å². The number of methoxy groups -OCH3 is 1. The molecule has 0 aromatic heterocycles. The van der Waals surface area contributed by atoms with Crippen LogP contribution in [0.15, 0.2) is 24.3 Å². The van der Waals surface area contributed by atoms with Crippen LogP contribution in [0.1, 0.15) is 0 Å². The Labute approximate surface area is 68.2 Å². The first-order valence-corrected chi connectivity index (χ1v) is 3.38. The van der Waals surface area contributed by atoms with Crippen molar-refractivity contribution in [2.24, 2.45) is 0 Å². The van der Waals surface area contributed by atoms with Gasteiger partial charge in [0.2, 0.25) is 0 Å². The molecule has 0 saturated heterocycles. The zero-order chi connectivity index (χ0) is 9.19. The lowest BCUT2D eigenvalue weighted by Gasteiger charge is -2.14. The van der Waals surface area contributed by atoms with Crippen molar-refractivity contribution in [3.63, 3.8) is 0 Å². The van der Waals surface area contributed by atoms with Crippen molar-refractivity contribution in [1.82, 2.24) is 0 Å². The van der Waals surface area contributed by atoms with E-state index in [1.54, 1.807) is 0 Å². The van der Waals surface area contributed by atoms with Gasteiger partial charge in [-0.3, -0.25) is 0 Å². The zero-order valence-electron chi connectivity index (χ0n) is 6.43. The SMILES string of the molecule is COc1cccc([B-](F)(F)F)c1. The summed E-state index contributed by atoms with van der Waals surface area (Å²) < 4.78 is 41.0. The molecule has 0 unspecified atom stereocenters. The fraction of sp³-hybridized carbons (Fsp3) is 0.143. The minimum absolute atomic E-state index is 0.228. The lowest BCUT2D eigenvalue weighted by molar-refractivity contribution is 0.414. The Morgan fingerprint density at radius 2 is 1.92 bits per heavy atom. The van der Waals surface area contributed by atoms with Crippen molar-refractivity contribution < 1.29 is 17.7 Å². The van der Waals surface area contributed by atoms with Crippen molar-refractivity contribution in [2.45, 2.75) is 0 Å². The third-order valence-corrected chi connectivity index (χ3v) is 1.47. The maximum Gasteiger partial charge on any atom is 0.509 e. The first kappa shape index (κ1) is 8.97. The van der Waals surface area contributed by atoms with Gasteiger partial charge in [-0.05, 0) is 12.1 Å². The first-order valence-electron chi connectivity index (χ1n) is 3.38. The fourth-order valence-electron chi connectivity index (χ4n) is 0.845. The van der Waals surface area contributed by atoms with Gasteiger partial charge in [-0.2, -0.15) is 0 Å².